The molecule has 0 radical (unpaired) electrons. The highest BCUT2D eigenvalue weighted by molar-refractivity contribution is 7.09. The van der Waals surface area contributed by atoms with Gasteiger partial charge in [0.05, 0.1) is 6.10 Å². The maximum absolute atomic E-state index is 10.8. The van der Waals surface area contributed by atoms with Gasteiger partial charge >= 0.3 is 0 Å². The van der Waals surface area contributed by atoms with Crippen molar-refractivity contribution in [3.05, 3.63) is 22.4 Å². The van der Waals surface area contributed by atoms with Gasteiger partial charge in [0.15, 0.2) is 0 Å². The zero-order valence-electron chi connectivity index (χ0n) is 7.16. The molecule has 1 aliphatic rings. The molecule has 13 heavy (non-hydrogen) atoms. The van der Waals surface area contributed by atoms with Crippen LogP contribution in [0.5, 0.6) is 0 Å². The van der Waals surface area contributed by atoms with E-state index < -0.39 is 0 Å². The van der Waals surface area contributed by atoms with E-state index in [2.05, 4.69) is 16.8 Å². The maximum Gasteiger partial charge on any atom is 0.246 e. The van der Waals surface area contributed by atoms with Crippen molar-refractivity contribution >= 4 is 17.2 Å². The van der Waals surface area contributed by atoms with Gasteiger partial charge in [0.25, 0.3) is 0 Å². The smallest absolute Gasteiger partial charge is 0.246 e. The van der Waals surface area contributed by atoms with E-state index >= 15 is 0 Å². The number of carbonyl (C=O) groups excluding carboxylic acids is 1. The summed E-state index contributed by atoms with van der Waals surface area (Å²) in [5.41, 5.74) is 0. The Bertz CT molecular complexity index is 274. The topological polar surface area (TPSA) is 38.3 Å². The predicted molar refractivity (Wildman–Crippen MR) is 50.8 cm³/mol. The average molecular weight is 197 g/mol. The predicted octanol–water partition coefficient (Wildman–Crippen LogP) is 0.806. The minimum absolute atomic E-state index is 0.0116. The number of thiophene rings is 1. The Balaban J connectivity index is 1.86. The molecule has 1 unspecified atom stereocenters. The normalized spacial score (nSPS) is 22.8. The van der Waals surface area contributed by atoms with Gasteiger partial charge in [-0.15, -0.1) is 11.3 Å². The lowest BCUT2D eigenvalue weighted by Crippen LogP contribution is -2.43. The summed E-state index contributed by atoms with van der Waals surface area (Å²) in [6.07, 6.45) is 1.05. The highest BCUT2D eigenvalue weighted by Gasteiger charge is 2.18. The number of hydrogen-bond acceptors (Lipinski definition) is 3. The van der Waals surface area contributed by atoms with Gasteiger partial charge in [-0.25, -0.2) is 0 Å². The lowest BCUT2D eigenvalue weighted by molar-refractivity contribution is -0.132. The Hall–Kier alpha value is -0.870. The van der Waals surface area contributed by atoms with Gasteiger partial charge in [-0.1, -0.05) is 6.07 Å². The molecule has 0 aliphatic carbocycles. The quantitative estimate of drug-likeness (QED) is 0.761. The Morgan fingerprint density at radius 3 is 3.23 bits per heavy atom. The second-order valence-electron chi connectivity index (χ2n) is 3.02. The van der Waals surface area contributed by atoms with E-state index in [4.69, 9.17) is 4.74 Å². The number of morpholine rings is 1. The van der Waals surface area contributed by atoms with Crippen LogP contribution in [-0.4, -0.2) is 25.2 Å². The van der Waals surface area contributed by atoms with Gasteiger partial charge in [0.2, 0.25) is 5.91 Å². The second kappa shape index (κ2) is 3.89. The van der Waals surface area contributed by atoms with Crippen molar-refractivity contribution in [2.24, 2.45) is 0 Å². The van der Waals surface area contributed by atoms with Crippen LogP contribution >= 0.6 is 11.3 Å². The molecule has 0 spiro atoms. The molecule has 1 aliphatic heterocycles. The van der Waals surface area contributed by atoms with Crippen molar-refractivity contribution < 1.29 is 9.53 Å². The van der Waals surface area contributed by atoms with E-state index in [1.54, 1.807) is 11.3 Å². The molecule has 4 heteroatoms. The van der Waals surface area contributed by atoms with E-state index in [1.165, 1.54) is 4.88 Å². The van der Waals surface area contributed by atoms with E-state index in [9.17, 15) is 4.79 Å². The monoisotopic (exact) mass is 197 g/mol. The van der Waals surface area contributed by atoms with Gasteiger partial charge in [-0.05, 0) is 11.4 Å². The van der Waals surface area contributed by atoms with E-state index in [-0.39, 0.29) is 18.6 Å². The number of carbonyl (C=O) groups is 1. The highest BCUT2D eigenvalue weighted by Crippen LogP contribution is 2.13. The van der Waals surface area contributed by atoms with Gasteiger partial charge in [0, 0.05) is 17.8 Å². The molecule has 1 N–H and O–H groups in total. The van der Waals surface area contributed by atoms with Crippen molar-refractivity contribution in [2.45, 2.75) is 12.5 Å². The summed E-state index contributed by atoms with van der Waals surface area (Å²) in [6.45, 7) is 0.840. The van der Waals surface area contributed by atoms with Gasteiger partial charge in [-0.3, -0.25) is 4.79 Å². The summed E-state index contributed by atoms with van der Waals surface area (Å²) in [4.78, 5) is 12.1. The van der Waals surface area contributed by atoms with Gasteiger partial charge in [-0.2, -0.15) is 0 Å². The van der Waals surface area contributed by atoms with Crippen LogP contribution in [0, 0.1) is 0 Å². The van der Waals surface area contributed by atoms with E-state index in [1.807, 2.05) is 6.07 Å². The zero-order valence-corrected chi connectivity index (χ0v) is 7.97. The van der Waals surface area contributed by atoms with Crippen LogP contribution < -0.4 is 5.32 Å². The fourth-order valence-electron chi connectivity index (χ4n) is 1.32. The van der Waals surface area contributed by atoms with Crippen LogP contribution in [0.3, 0.4) is 0 Å². The van der Waals surface area contributed by atoms with Gasteiger partial charge in [0.1, 0.15) is 6.61 Å². The zero-order chi connectivity index (χ0) is 9.10. The third-order valence-electron chi connectivity index (χ3n) is 1.99. The van der Waals surface area contributed by atoms with Crippen molar-refractivity contribution in [1.29, 1.82) is 0 Å². The molecule has 3 nitrogen and oxygen atoms in total. The van der Waals surface area contributed by atoms with Crippen LogP contribution in [0.25, 0.3) is 0 Å². The lowest BCUT2D eigenvalue weighted by Gasteiger charge is -2.22. The molecule has 1 saturated heterocycles. The van der Waals surface area contributed by atoms with Crippen LogP contribution in [-0.2, 0) is 16.0 Å². The molecule has 1 fully saturated rings. The number of hydrogen-bond donors (Lipinski definition) is 1. The first-order valence-corrected chi connectivity index (χ1v) is 5.13. The molecule has 1 atom stereocenters. The first-order valence-electron chi connectivity index (χ1n) is 4.25. The summed E-state index contributed by atoms with van der Waals surface area (Å²) >= 11 is 1.72. The molecular formula is C9H11NO2S. The molecule has 0 aromatic carbocycles. The summed E-state index contributed by atoms with van der Waals surface area (Å²) in [7, 11) is 0. The second-order valence-corrected chi connectivity index (χ2v) is 4.05. The van der Waals surface area contributed by atoms with Crippen molar-refractivity contribution in [2.75, 3.05) is 13.2 Å². The minimum atomic E-state index is -0.0116. The Morgan fingerprint density at radius 1 is 1.69 bits per heavy atom. The molecule has 2 heterocycles. The summed E-state index contributed by atoms with van der Waals surface area (Å²) in [5.74, 6) is -0.0116. The summed E-state index contributed by atoms with van der Waals surface area (Å²) in [6, 6.07) is 4.12. The molecule has 0 saturated carbocycles. The fourth-order valence-corrected chi connectivity index (χ4v) is 2.09. The SMILES string of the molecule is O=C1COC(Cc2cccs2)CN1. The van der Waals surface area contributed by atoms with E-state index in [0.717, 1.165) is 6.42 Å². The summed E-state index contributed by atoms with van der Waals surface area (Å²) in [5, 5.41) is 4.84. The first kappa shape index (κ1) is 8.72. The van der Waals surface area contributed by atoms with Crippen molar-refractivity contribution in [3.8, 4) is 0 Å². The number of rotatable bonds is 2. The molecule has 2 rings (SSSR count). The van der Waals surface area contributed by atoms with E-state index in [0.29, 0.717) is 6.54 Å². The molecule has 1 aromatic heterocycles. The molecular weight excluding hydrogens is 186 g/mol. The number of amides is 1. The minimum Gasteiger partial charge on any atom is -0.366 e. The number of ether oxygens (including phenoxy) is 1. The molecule has 1 aromatic rings. The molecule has 70 valence electrons. The lowest BCUT2D eigenvalue weighted by atomic mass is 10.2. The highest BCUT2D eigenvalue weighted by atomic mass is 32.1. The third kappa shape index (κ3) is 2.29. The molecule has 0 bridgehead atoms. The van der Waals surface area contributed by atoms with Crippen molar-refractivity contribution in [3.63, 3.8) is 0 Å². The van der Waals surface area contributed by atoms with Crippen molar-refractivity contribution in [1.82, 2.24) is 5.32 Å². The Labute approximate surface area is 80.7 Å². The first-order chi connectivity index (χ1) is 6.34. The van der Waals surface area contributed by atoms with Crippen LogP contribution in [0.4, 0.5) is 0 Å². The van der Waals surface area contributed by atoms with Crippen LogP contribution in [0.1, 0.15) is 4.88 Å². The van der Waals surface area contributed by atoms with Crippen LogP contribution in [0.15, 0.2) is 17.5 Å². The average Bonchev–Trinajstić information content (AvgIpc) is 2.62. The largest absolute Gasteiger partial charge is 0.366 e. The van der Waals surface area contributed by atoms with Crippen LogP contribution in [0.2, 0.25) is 0 Å². The fraction of sp³-hybridized carbons (Fsp3) is 0.444. The Kier molecular flexibility index (Phi) is 2.61. The standard InChI is InChI=1S/C9H11NO2S/c11-9-6-12-7(5-10-9)4-8-2-1-3-13-8/h1-3,7H,4-6H2,(H,10,11). The molecule has 1 amide bonds. The Morgan fingerprint density at radius 2 is 2.62 bits per heavy atom. The summed E-state index contributed by atoms with van der Waals surface area (Å²) < 4.78 is 5.36. The van der Waals surface area contributed by atoms with Gasteiger partial charge < -0.3 is 10.1 Å². The number of nitrogens with one attached hydrogen (secondary N) is 1. The third-order valence-corrected chi connectivity index (χ3v) is 2.88. The maximum atomic E-state index is 10.8.